The van der Waals surface area contributed by atoms with E-state index in [4.69, 9.17) is 0 Å². The van der Waals surface area contributed by atoms with E-state index in [0.29, 0.717) is 6.33 Å². The second kappa shape index (κ2) is 3.56. The zero-order valence-electron chi connectivity index (χ0n) is 7.19. The van der Waals surface area contributed by atoms with E-state index in [2.05, 4.69) is 9.97 Å². The van der Waals surface area contributed by atoms with Crippen molar-refractivity contribution in [3.05, 3.63) is 24.3 Å². The predicted octanol–water partition coefficient (Wildman–Crippen LogP) is 2.57. The normalized spacial score (nSPS) is 13.9. The molecule has 0 aliphatic heterocycles. The smallest absolute Gasteiger partial charge is 0.235 e. The van der Waals surface area contributed by atoms with E-state index in [9.17, 15) is 30.7 Å². The van der Waals surface area contributed by atoms with Crippen molar-refractivity contribution in [3.63, 3.8) is 0 Å². The summed E-state index contributed by atoms with van der Waals surface area (Å²) in [6.07, 6.45) is -4.28. The maximum atomic E-state index is 12.8. The lowest BCUT2D eigenvalue weighted by molar-refractivity contribution is -0.360. The molecule has 89 valence electrons. The SMILES string of the molecule is FC(F)(F)C(F)(F)C(F)(F)c1c[c]ncn1. The Balaban J connectivity index is 3.22. The Morgan fingerprint density at radius 2 is 1.56 bits per heavy atom. The summed E-state index contributed by atoms with van der Waals surface area (Å²) >= 11 is 0. The molecule has 0 aliphatic carbocycles. The van der Waals surface area contributed by atoms with E-state index in [1.54, 1.807) is 6.20 Å². The molecule has 1 heterocycles. The summed E-state index contributed by atoms with van der Waals surface area (Å²) in [5, 5.41) is 0. The molecule has 9 heteroatoms. The van der Waals surface area contributed by atoms with Crippen LogP contribution < -0.4 is 0 Å². The van der Waals surface area contributed by atoms with Gasteiger partial charge in [0.15, 0.2) is 0 Å². The van der Waals surface area contributed by atoms with Crippen LogP contribution in [-0.2, 0) is 5.92 Å². The number of nitrogens with zero attached hydrogens (tertiary/aromatic N) is 2. The maximum Gasteiger partial charge on any atom is 0.460 e. The quantitative estimate of drug-likeness (QED) is 0.750. The molecule has 1 aromatic heterocycles. The van der Waals surface area contributed by atoms with Gasteiger partial charge < -0.3 is 0 Å². The molecule has 0 N–H and O–H groups in total. The van der Waals surface area contributed by atoms with Gasteiger partial charge in [-0.15, -0.1) is 0 Å². The highest BCUT2D eigenvalue weighted by Crippen LogP contribution is 2.50. The fourth-order valence-corrected chi connectivity index (χ4v) is 0.771. The first-order chi connectivity index (χ1) is 7.11. The molecule has 1 aromatic rings. The molecule has 0 amide bonds. The average molecular weight is 247 g/mol. The standard InChI is InChI=1S/C7H2F7N2/c8-5(9,4-1-2-15-3-16-4)6(10,11)7(12,13)14/h1,3H. The summed E-state index contributed by atoms with van der Waals surface area (Å²) in [7, 11) is 0. The van der Waals surface area contributed by atoms with Crippen LogP contribution >= 0.6 is 0 Å². The second-order valence-electron chi connectivity index (χ2n) is 2.68. The number of alkyl halides is 7. The van der Waals surface area contributed by atoms with E-state index in [-0.39, 0.29) is 6.07 Å². The summed E-state index contributed by atoms with van der Waals surface area (Å²) in [5.41, 5.74) is -1.75. The molecular formula is C7H2F7N2. The van der Waals surface area contributed by atoms with Crippen molar-refractivity contribution in [3.8, 4) is 0 Å². The molecule has 0 aromatic carbocycles. The Bertz CT molecular complexity index is 359. The molecular weight excluding hydrogens is 245 g/mol. The summed E-state index contributed by atoms with van der Waals surface area (Å²) in [4.78, 5) is 5.67. The van der Waals surface area contributed by atoms with Crippen LogP contribution in [0.4, 0.5) is 30.7 Å². The minimum Gasteiger partial charge on any atom is -0.235 e. The Hall–Kier alpha value is -1.41. The van der Waals surface area contributed by atoms with E-state index < -0.39 is 23.7 Å². The lowest BCUT2D eigenvalue weighted by Crippen LogP contribution is -2.50. The van der Waals surface area contributed by atoms with Crippen LogP contribution in [0.5, 0.6) is 0 Å². The highest BCUT2D eigenvalue weighted by Gasteiger charge is 2.74. The first-order valence-corrected chi connectivity index (χ1v) is 3.61. The maximum absolute atomic E-state index is 12.8. The van der Waals surface area contributed by atoms with E-state index in [0.717, 1.165) is 0 Å². The first-order valence-electron chi connectivity index (χ1n) is 3.61. The fraction of sp³-hybridized carbons (Fsp3) is 0.429. The van der Waals surface area contributed by atoms with Gasteiger partial charge in [0, 0.05) is 0 Å². The van der Waals surface area contributed by atoms with Gasteiger partial charge in [0.05, 0.1) is 6.20 Å². The molecule has 0 saturated carbocycles. The molecule has 16 heavy (non-hydrogen) atoms. The van der Waals surface area contributed by atoms with E-state index >= 15 is 0 Å². The van der Waals surface area contributed by atoms with Crippen LogP contribution in [-0.4, -0.2) is 22.1 Å². The summed E-state index contributed by atoms with van der Waals surface area (Å²) in [6, 6.07) is 0.166. The third-order valence-electron chi connectivity index (χ3n) is 1.60. The topological polar surface area (TPSA) is 25.8 Å². The van der Waals surface area contributed by atoms with Crippen LogP contribution in [0.2, 0.25) is 0 Å². The molecule has 1 radical (unpaired) electrons. The van der Waals surface area contributed by atoms with Crippen molar-refractivity contribution in [1.29, 1.82) is 0 Å². The molecule has 0 atom stereocenters. The van der Waals surface area contributed by atoms with Gasteiger partial charge in [-0.2, -0.15) is 30.7 Å². The third-order valence-corrected chi connectivity index (χ3v) is 1.60. The van der Waals surface area contributed by atoms with E-state index in [1.807, 2.05) is 0 Å². The first kappa shape index (κ1) is 12.7. The third kappa shape index (κ3) is 1.81. The molecule has 0 aliphatic rings. The molecule has 2 nitrogen and oxygen atoms in total. The summed E-state index contributed by atoms with van der Waals surface area (Å²) in [6.45, 7) is 0. The van der Waals surface area contributed by atoms with Crippen molar-refractivity contribution in [2.24, 2.45) is 0 Å². The van der Waals surface area contributed by atoms with Crippen LogP contribution in [0, 0.1) is 6.20 Å². The molecule has 0 bridgehead atoms. The summed E-state index contributed by atoms with van der Waals surface area (Å²) < 4.78 is 85.8. The van der Waals surface area contributed by atoms with Gasteiger partial charge in [-0.1, -0.05) is 0 Å². The minimum atomic E-state index is -6.37. The summed E-state index contributed by atoms with van der Waals surface area (Å²) in [5.74, 6) is -11.7. The van der Waals surface area contributed by atoms with Gasteiger partial charge in [-0.3, -0.25) is 0 Å². The molecule has 1 rings (SSSR count). The minimum absolute atomic E-state index is 0.166. The van der Waals surface area contributed by atoms with E-state index in [1.165, 1.54) is 0 Å². The van der Waals surface area contributed by atoms with Gasteiger partial charge in [-0.05, 0) is 6.07 Å². The largest absolute Gasteiger partial charge is 0.460 e. The Morgan fingerprint density at radius 3 is 1.94 bits per heavy atom. The highest BCUT2D eigenvalue weighted by atomic mass is 19.4. The zero-order chi connectivity index (χ0) is 12.6. The Kier molecular flexibility index (Phi) is 2.82. The lowest BCUT2D eigenvalue weighted by Gasteiger charge is -2.27. The Labute approximate surface area is 84.1 Å². The van der Waals surface area contributed by atoms with Crippen molar-refractivity contribution in [1.82, 2.24) is 9.97 Å². The van der Waals surface area contributed by atoms with Crippen LogP contribution in [0.1, 0.15) is 5.69 Å². The van der Waals surface area contributed by atoms with Crippen molar-refractivity contribution in [2.45, 2.75) is 18.0 Å². The number of rotatable bonds is 2. The van der Waals surface area contributed by atoms with Gasteiger partial charge in [0.2, 0.25) is 0 Å². The monoisotopic (exact) mass is 247 g/mol. The highest BCUT2D eigenvalue weighted by molar-refractivity contribution is 5.12. The van der Waals surface area contributed by atoms with Crippen LogP contribution in [0.3, 0.4) is 0 Å². The van der Waals surface area contributed by atoms with Crippen molar-refractivity contribution in [2.75, 3.05) is 0 Å². The Morgan fingerprint density at radius 1 is 1.00 bits per heavy atom. The molecule has 0 fully saturated rings. The number of halogens is 7. The van der Waals surface area contributed by atoms with Gasteiger partial charge in [-0.25, -0.2) is 9.97 Å². The molecule has 0 unspecified atom stereocenters. The van der Waals surface area contributed by atoms with Crippen molar-refractivity contribution < 1.29 is 30.7 Å². The number of hydrogen-bond acceptors (Lipinski definition) is 2. The fourth-order valence-electron chi connectivity index (χ4n) is 0.771. The molecule has 0 spiro atoms. The lowest BCUT2D eigenvalue weighted by atomic mass is 10.1. The van der Waals surface area contributed by atoms with Crippen LogP contribution in [0.15, 0.2) is 12.4 Å². The van der Waals surface area contributed by atoms with Gasteiger partial charge in [0.25, 0.3) is 0 Å². The molecule has 0 saturated heterocycles. The number of aromatic nitrogens is 2. The predicted molar refractivity (Wildman–Crippen MR) is 35.8 cm³/mol. The average Bonchev–Trinajstić information content (AvgIpc) is 2.17. The van der Waals surface area contributed by atoms with Crippen molar-refractivity contribution >= 4 is 0 Å². The second-order valence-corrected chi connectivity index (χ2v) is 2.68. The number of hydrogen-bond donors (Lipinski definition) is 0. The van der Waals surface area contributed by atoms with Gasteiger partial charge in [0.1, 0.15) is 12.0 Å². The zero-order valence-corrected chi connectivity index (χ0v) is 7.19. The van der Waals surface area contributed by atoms with Crippen LogP contribution in [0.25, 0.3) is 0 Å². The van der Waals surface area contributed by atoms with Gasteiger partial charge >= 0.3 is 18.0 Å².